The molecule has 2 aromatic carbocycles. The number of hydrogen-bond acceptors (Lipinski definition) is 4. The third-order valence-corrected chi connectivity index (χ3v) is 4.76. The molecule has 1 amide bonds. The van der Waals surface area contributed by atoms with Crippen molar-refractivity contribution in [2.24, 2.45) is 0 Å². The van der Waals surface area contributed by atoms with Gasteiger partial charge in [0.2, 0.25) is 15.9 Å². The number of anilines is 1. The van der Waals surface area contributed by atoms with Crippen LogP contribution in [0.15, 0.2) is 53.4 Å². The second kappa shape index (κ2) is 7.41. The van der Waals surface area contributed by atoms with Crippen LogP contribution in [0, 0.1) is 5.82 Å². The Kier molecular flexibility index (Phi) is 5.53. The van der Waals surface area contributed by atoms with E-state index >= 15 is 0 Å². The number of carbonyl (C=O) groups excluding carboxylic acids is 1. The number of hydrogen-bond donors (Lipinski definition) is 2. The number of sulfonamides is 1. The van der Waals surface area contributed by atoms with Crippen molar-refractivity contribution in [2.45, 2.75) is 17.9 Å². The molecule has 0 fully saturated rings. The molecule has 6 nitrogen and oxygen atoms in total. The van der Waals surface area contributed by atoms with E-state index < -0.39 is 27.8 Å². The van der Waals surface area contributed by atoms with Crippen molar-refractivity contribution in [1.29, 1.82) is 0 Å². The minimum absolute atomic E-state index is 0.118. The van der Waals surface area contributed by atoms with E-state index in [-0.39, 0.29) is 4.90 Å². The maximum absolute atomic E-state index is 12.9. The fraction of sp³-hybridized carbons (Fsp3) is 0.188. The fourth-order valence-corrected chi connectivity index (χ4v) is 3.10. The van der Waals surface area contributed by atoms with E-state index in [0.717, 1.165) is 24.3 Å². The number of rotatable bonds is 6. The molecule has 2 N–H and O–H groups in total. The van der Waals surface area contributed by atoms with Gasteiger partial charge in [-0.3, -0.25) is 4.79 Å². The second-order valence-electron chi connectivity index (χ2n) is 5.01. The summed E-state index contributed by atoms with van der Waals surface area (Å²) >= 11 is 0. The van der Waals surface area contributed by atoms with E-state index in [1.807, 2.05) is 0 Å². The van der Waals surface area contributed by atoms with Gasteiger partial charge in [0.1, 0.15) is 11.6 Å². The molecule has 0 aliphatic heterocycles. The third kappa shape index (κ3) is 4.53. The van der Waals surface area contributed by atoms with Gasteiger partial charge in [0.15, 0.2) is 0 Å². The van der Waals surface area contributed by atoms with Crippen LogP contribution in [0.3, 0.4) is 0 Å². The molecule has 0 saturated carbocycles. The molecule has 0 aliphatic rings. The van der Waals surface area contributed by atoms with Crippen molar-refractivity contribution in [3.8, 4) is 5.75 Å². The predicted octanol–water partition coefficient (Wildman–Crippen LogP) is 2.14. The van der Waals surface area contributed by atoms with Gasteiger partial charge in [0.25, 0.3) is 0 Å². The summed E-state index contributed by atoms with van der Waals surface area (Å²) in [5, 5.41) is 2.59. The van der Waals surface area contributed by atoms with Crippen LogP contribution < -0.4 is 14.8 Å². The first-order valence-corrected chi connectivity index (χ1v) is 8.53. The molecule has 24 heavy (non-hydrogen) atoms. The summed E-state index contributed by atoms with van der Waals surface area (Å²) < 4.78 is 44.5. The monoisotopic (exact) mass is 352 g/mol. The quantitative estimate of drug-likeness (QED) is 0.834. The number of halogens is 1. The van der Waals surface area contributed by atoms with Crippen molar-refractivity contribution in [3.05, 3.63) is 54.3 Å². The van der Waals surface area contributed by atoms with Crippen LogP contribution in [-0.4, -0.2) is 27.5 Å². The lowest BCUT2D eigenvalue weighted by Crippen LogP contribution is -2.41. The highest BCUT2D eigenvalue weighted by Crippen LogP contribution is 2.15. The van der Waals surface area contributed by atoms with Crippen molar-refractivity contribution >= 4 is 21.6 Å². The molecule has 0 heterocycles. The topological polar surface area (TPSA) is 84.5 Å². The predicted molar refractivity (Wildman–Crippen MR) is 87.8 cm³/mol. The zero-order valence-electron chi connectivity index (χ0n) is 13.1. The highest BCUT2D eigenvalue weighted by molar-refractivity contribution is 7.89. The Labute approximate surface area is 139 Å². The first-order valence-electron chi connectivity index (χ1n) is 7.04. The molecule has 0 spiro atoms. The summed E-state index contributed by atoms with van der Waals surface area (Å²) in [6, 6.07) is 9.94. The first kappa shape index (κ1) is 17.9. The Bertz CT molecular complexity index is 805. The van der Waals surface area contributed by atoms with E-state index in [0.29, 0.717) is 11.4 Å². The number of benzene rings is 2. The SMILES string of the molecule is COc1ccc(NC(=O)[C@@H](C)NS(=O)(=O)c2ccc(F)cc2)cc1. The van der Waals surface area contributed by atoms with Crippen LogP contribution in [0.2, 0.25) is 0 Å². The van der Waals surface area contributed by atoms with Gasteiger partial charge in [0, 0.05) is 5.69 Å². The molecule has 0 aliphatic carbocycles. The summed E-state index contributed by atoms with van der Waals surface area (Å²) in [5.74, 6) is -0.428. The molecule has 0 unspecified atom stereocenters. The molecule has 1 atom stereocenters. The van der Waals surface area contributed by atoms with Crippen LogP contribution in [0.1, 0.15) is 6.92 Å². The summed E-state index contributed by atoms with van der Waals surface area (Å²) in [4.78, 5) is 12.0. The van der Waals surface area contributed by atoms with Crippen LogP contribution in [0.25, 0.3) is 0 Å². The summed E-state index contributed by atoms with van der Waals surface area (Å²) in [6.07, 6.45) is 0. The standard InChI is InChI=1S/C16H17FN2O4S/c1-11(16(20)18-13-5-7-14(23-2)8-6-13)19-24(21,22)15-9-3-12(17)4-10-15/h3-11,19H,1-2H3,(H,18,20)/t11-/m1/s1. The maximum atomic E-state index is 12.9. The highest BCUT2D eigenvalue weighted by atomic mass is 32.2. The molecule has 0 bridgehead atoms. The first-order chi connectivity index (χ1) is 11.3. The molecule has 0 aromatic heterocycles. The van der Waals surface area contributed by atoms with Crippen molar-refractivity contribution in [3.63, 3.8) is 0 Å². The number of ether oxygens (including phenoxy) is 1. The number of amides is 1. The lowest BCUT2D eigenvalue weighted by atomic mass is 10.2. The van der Waals surface area contributed by atoms with Crippen molar-refractivity contribution < 1.29 is 22.3 Å². The zero-order valence-corrected chi connectivity index (χ0v) is 13.9. The fourth-order valence-electron chi connectivity index (χ4n) is 1.89. The van der Waals surface area contributed by atoms with E-state index in [2.05, 4.69) is 10.0 Å². The van der Waals surface area contributed by atoms with Crippen LogP contribution in [-0.2, 0) is 14.8 Å². The maximum Gasteiger partial charge on any atom is 0.242 e. The summed E-state index contributed by atoms with van der Waals surface area (Å²) in [5.41, 5.74) is 0.508. The van der Waals surface area contributed by atoms with E-state index in [1.54, 1.807) is 24.3 Å². The molecule has 0 saturated heterocycles. The molecule has 2 aromatic rings. The van der Waals surface area contributed by atoms with Crippen LogP contribution in [0.5, 0.6) is 5.75 Å². The van der Waals surface area contributed by atoms with Gasteiger partial charge in [-0.15, -0.1) is 0 Å². The zero-order chi connectivity index (χ0) is 17.7. The smallest absolute Gasteiger partial charge is 0.242 e. The van der Waals surface area contributed by atoms with Crippen molar-refractivity contribution in [1.82, 2.24) is 4.72 Å². The lowest BCUT2D eigenvalue weighted by Gasteiger charge is -2.14. The van der Waals surface area contributed by atoms with Gasteiger partial charge in [-0.05, 0) is 55.5 Å². The number of nitrogens with one attached hydrogen (secondary N) is 2. The molecule has 0 radical (unpaired) electrons. The number of carbonyl (C=O) groups is 1. The molecular weight excluding hydrogens is 335 g/mol. The number of methoxy groups -OCH3 is 1. The van der Waals surface area contributed by atoms with Gasteiger partial charge in [-0.2, -0.15) is 4.72 Å². The van der Waals surface area contributed by atoms with E-state index in [9.17, 15) is 17.6 Å². The molecule has 8 heteroatoms. The van der Waals surface area contributed by atoms with Crippen molar-refractivity contribution in [2.75, 3.05) is 12.4 Å². The Hall–Kier alpha value is -2.45. The Balaban J connectivity index is 2.03. The van der Waals surface area contributed by atoms with Gasteiger partial charge in [0.05, 0.1) is 18.0 Å². The van der Waals surface area contributed by atoms with E-state index in [4.69, 9.17) is 4.74 Å². The Morgan fingerprint density at radius 2 is 1.67 bits per heavy atom. The highest BCUT2D eigenvalue weighted by Gasteiger charge is 2.22. The third-order valence-electron chi connectivity index (χ3n) is 3.21. The second-order valence-corrected chi connectivity index (χ2v) is 6.73. The largest absolute Gasteiger partial charge is 0.497 e. The summed E-state index contributed by atoms with van der Waals surface area (Å²) in [7, 11) is -2.39. The van der Waals surface area contributed by atoms with Gasteiger partial charge in [-0.1, -0.05) is 0 Å². The minimum Gasteiger partial charge on any atom is -0.497 e. The van der Waals surface area contributed by atoms with Crippen LogP contribution in [0.4, 0.5) is 10.1 Å². The van der Waals surface area contributed by atoms with Gasteiger partial charge < -0.3 is 10.1 Å². The molecule has 128 valence electrons. The van der Waals surface area contributed by atoms with Gasteiger partial charge >= 0.3 is 0 Å². The Morgan fingerprint density at radius 1 is 1.08 bits per heavy atom. The molecule has 2 rings (SSSR count). The lowest BCUT2D eigenvalue weighted by molar-refractivity contribution is -0.117. The normalized spacial score (nSPS) is 12.5. The van der Waals surface area contributed by atoms with Crippen LogP contribution >= 0.6 is 0 Å². The summed E-state index contributed by atoms with van der Waals surface area (Å²) in [6.45, 7) is 1.42. The average Bonchev–Trinajstić information content (AvgIpc) is 2.55. The molecular formula is C16H17FN2O4S. The van der Waals surface area contributed by atoms with Gasteiger partial charge in [-0.25, -0.2) is 12.8 Å². The Morgan fingerprint density at radius 3 is 2.21 bits per heavy atom. The van der Waals surface area contributed by atoms with E-state index in [1.165, 1.54) is 14.0 Å². The average molecular weight is 352 g/mol. The minimum atomic E-state index is -3.92.